The van der Waals surface area contributed by atoms with E-state index in [-0.39, 0.29) is 18.5 Å². The molecular formula is C18H37N5O4. The quantitative estimate of drug-likeness (QED) is 0.239. The number of nitrogens with one attached hydrogen (secondary N) is 4. The first-order chi connectivity index (χ1) is 12.7. The van der Waals surface area contributed by atoms with Gasteiger partial charge in [-0.15, -0.1) is 0 Å². The summed E-state index contributed by atoms with van der Waals surface area (Å²) in [6, 6.07) is -0.0276. The van der Waals surface area contributed by atoms with Gasteiger partial charge in [-0.3, -0.25) is 9.79 Å². The molecule has 0 rings (SSSR count). The van der Waals surface area contributed by atoms with Crippen LogP contribution in [0.1, 0.15) is 47.0 Å². The summed E-state index contributed by atoms with van der Waals surface area (Å²) in [4.78, 5) is 27.8. The molecule has 1 atom stereocenters. The third-order valence-corrected chi connectivity index (χ3v) is 3.41. The number of hydrogen-bond donors (Lipinski definition) is 4. The Morgan fingerprint density at radius 2 is 1.85 bits per heavy atom. The average Bonchev–Trinajstić information content (AvgIpc) is 2.59. The summed E-state index contributed by atoms with van der Waals surface area (Å²) in [5, 5.41) is 11.7. The number of carbonyl (C=O) groups excluding carboxylic acids is 2. The molecule has 4 N–H and O–H groups in total. The molecule has 0 radical (unpaired) electrons. The molecule has 0 spiro atoms. The maximum atomic E-state index is 11.9. The van der Waals surface area contributed by atoms with Crippen LogP contribution in [0.2, 0.25) is 0 Å². The van der Waals surface area contributed by atoms with Gasteiger partial charge in [0.1, 0.15) is 5.60 Å². The number of carbonyl (C=O) groups is 2. The minimum Gasteiger partial charge on any atom is -0.444 e. The lowest BCUT2D eigenvalue weighted by molar-refractivity contribution is -0.120. The van der Waals surface area contributed by atoms with Gasteiger partial charge in [-0.2, -0.15) is 0 Å². The van der Waals surface area contributed by atoms with E-state index in [4.69, 9.17) is 9.47 Å². The van der Waals surface area contributed by atoms with E-state index in [0.29, 0.717) is 25.7 Å². The van der Waals surface area contributed by atoms with Crippen molar-refractivity contribution in [3.05, 3.63) is 0 Å². The van der Waals surface area contributed by atoms with Gasteiger partial charge in [-0.1, -0.05) is 19.8 Å². The SMILES string of the molecule is CCCCC(CNC(=O)OC(C)(C)C)NC(=NC)NCC(=O)NCCOC. The highest BCUT2D eigenvalue weighted by Crippen LogP contribution is 2.06. The van der Waals surface area contributed by atoms with E-state index in [1.807, 2.05) is 20.8 Å². The molecule has 9 heteroatoms. The molecular weight excluding hydrogens is 350 g/mol. The summed E-state index contributed by atoms with van der Waals surface area (Å²) in [6.07, 6.45) is 2.44. The fourth-order valence-electron chi connectivity index (χ4n) is 2.10. The van der Waals surface area contributed by atoms with Crippen molar-refractivity contribution in [2.75, 3.05) is 40.4 Å². The molecule has 0 heterocycles. The number of guanidine groups is 1. The van der Waals surface area contributed by atoms with Gasteiger partial charge in [-0.25, -0.2) is 4.79 Å². The van der Waals surface area contributed by atoms with Gasteiger partial charge in [0, 0.05) is 33.3 Å². The first-order valence-corrected chi connectivity index (χ1v) is 9.41. The number of amides is 2. The molecule has 0 aliphatic carbocycles. The molecule has 0 aromatic carbocycles. The summed E-state index contributed by atoms with van der Waals surface area (Å²) in [5.74, 6) is 0.357. The lowest BCUT2D eigenvalue weighted by Crippen LogP contribution is -2.50. The number of rotatable bonds is 11. The van der Waals surface area contributed by atoms with Crippen molar-refractivity contribution in [3.63, 3.8) is 0 Å². The number of nitrogens with zero attached hydrogens (tertiary/aromatic N) is 1. The third-order valence-electron chi connectivity index (χ3n) is 3.41. The van der Waals surface area contributed by atoms with Gasteiger partial charge in [0.2, 0.25) is 5.91 Å². The predicted molar refractivity (Wildman–Crippen MR) is 107 cm³/mol. The van der Waals surface area contributed by atoms with Gasteiger partial charge in [-0.05, 0) is 27.2 Å². The number of alkyl carbamates (subject to hydrolysis) is 1. The molecule has 0 bridgehead atoms. The van der Waals surface area contributed by atoms with Crippen LogP contribution < -0.4 is 21.3 Å². The van der Waals surface area contributed by atoms with Crippen molar-refractivity contribution in [2.24, 2.45) is 4.99 Å². The molecule has 2 amide bonds. The number of ether oxygens (including phenoxy) is 2. The standard InChI is InChI=1S/C18H37N5O4/c1-7-8-9-14(12-22-17(25)27-18(2,3)4)23-16(19-5)21-13-15(24)20-10-11-26-6/h14H,7-13H2,1-6H3,(H,20,24)(H,22,25)(H2,19,21,23). The van der Waals surface area contributed by atoms with Gasteiger partial charge >= 0.3 is 6.09 Å². The molecule has 0 aromatic heterocycles. The Kier molecular flexibility index (Phi) is 13.0. The van der Waals surface area contributed by atoms with E-state index in [1.165, 1.54) is 0 Å². The number of aliphatic imine (C=N–C) groups is 1. The Balaban J connectivity index is 4.48. The summed E-state index contributed by atoms with van der Waals surface area (Å²) in [7, 11) is 3.22. The summed E-state index contributed by atoms with van der Waals surface area (Å²) < 4.78 is 10.2. The lowest BCUT2D eigenvalue weighted by atomic mass is 10.1. The van der Waals surface area contributed by atoms with Crippen LogP contribution in [0.5, 0.6) is 0 Å². The second-order valence-electron chi connectivity index (χ2n) is 7.13. The lowest BCUT2D eigenvalue weighted by Gasteiger charge is -2.24. The van der Waals surface area contributed by atoms with E-state index in [2.05, 4.69) is 33.2 Å². The maximum Gasteiger partial charge on any atom is 0.407 e. The highest BCUT2D eigenvalue weighted by Gasteiger charge is 2.18. The highest BCUT2D eigenvalue weighted by molar-refractivity contribution is 5.86. The Hall–Kier alpha value is -2.03. The first kappa shape index (κ1) is 25.0. The fraction of sp³-hybridized carbons (Fsp3) is 0.833. The predicted octanol–water partition coefficient (Wildman–Crippen LogP) is 0.998. The second-order valence-corrected chi connectivity index (χ2v) is 7.13. The van der Waals surface area contributed by atoms with Gasteiger partial charge in [0.05, 0.1) is 13.2 Å². The van der Waals surface area contributed by atoms with Gasteiger partial charge in [0.25, 0.3) is 0 Å². The zero-order valence-corrected chi connectivity index (χ0v) is 17.6. The smallest absolute Gasteiger partial charge is 0.407 e. The van der Waals surface area contributed by atoms with Gasteiger partial charge < -0.3 is 30.7 Å². The molecule has 0 saturated carbocycles. The molecule has 27 heavy (non-hydrogen) atoms. The van der Waals surface area contributed by atoms with Crippen LogP contribution in [-0.4, -0.2) is 70.0 Å². The zero-order valence-electron chi connectivity index (χ0n) is 17.6. The van der Waals surface area contributed by atoms with Crippen molar-refractivity contribution < 1.29 is 19.1 Å². The zero-order chi connectivity index (χ0) is 20.7. The van der Waals surface area contributed by atoms with Crippen molar-refractivity contribution in [2.45, 2.75) is 58.6 Å². The molecule has 0 aliphatic heterocycles. The molecule has 0 aliphatic rings. The van der Waals surface area contributed by atoms with Crippen molar-refractivity contribution in [1.29, 1.82) is 0 Å². The second kappa shape index (κ2) is 14.1. The van der Waals surface area contributed by atoms with Crippen molar-refractivity contribution in [3.8, 4) is 0 Å². The van der Waals surface area contributed by atoms with E-state index in [9.17, 15) is 9.59 Å². The van der Waals surface area contributed by atoms with E-state index in [1.54, 1.807) is 14.2 Å². The first-order valence-electron chi connectivity index (χ1n) is 9.41. The largest absolute Gasteiger partial charge is 0.444 e. The minimum atomic E-state index is -0.538. The van der Waals surface area contributed by atoms with Gasteiger partial charge in [0.15, 0.2) is 5.96 Å². The maximum absolute atomic E-state index is 11.9. The number of methoxy groups -OCH3 is 1. The molecule has 158 valence electrons. The van der Waals surface area contributed by atoms with Crippen LogP contribution >= 0.6 is 0 Å². The molecule has 0 fully saturated rings. The Morgan fingerprint density at radius 3 is 2.41 bits per heavy atom. The fourth-order valence-corrected chi connectivity index (χ4v) is 2.10. The Bertz CT molecular complexity index is 463. The minimum absolute atomic E-state index is 0.0276. The summed E-state index contributed by atoms with van der Waals surface area (Å²) in [6.45, 7) is 9.00. The summed E-state index contributed by atoms with van der Waals surface area (Å²) >= 11 is 0. The highest BCUT2D eigenvalue weighted by atomic mass is 16.6. The van der Waals surface area contributed by atoms with E-state index < -0.39 is 11.7 Å². The van der Waals surface area contributed by atoms with E-state index in [0.717, 1.165) is 19.3 Å². The summed E-state index contributed by atoms with van der Waals surface area (Å²) in [5.41, 5.74) is -0.538. The Labute approximate surface area is 163 Å². The number of unbranched alkanes of at least 4 members (excludes halogenated alkanes) is 1. The molecule has 9 nitrogen and oxygen atoms in total. The topological polar surface area (TPSA) is 113 Å². The number of hydrogen-bond acceptors (Lipinski definition) is 5. The van der Waals surface area contributed by atoms with Crippen LogP contribution in [0.4, 0.5) is 4.79 Å². The van der Waals surface area contributed by atoms with Crippen molar-refractivity contribution in [1.82, 2.24) is 21.3 Å². The molecule has 1 unspecified atom stereocenters. The normalized spacial score (nSPS) is 12.9. The molecule has 0 saturated heterocycles. The van der Waals surface area contributed by atoms with Crippen molar-refractivity contribution >= 4 is 18.0 Å². The van der Waals surface area contributed by atoms with Crippen LogP contribution in [0.3, 0.4) is 0 Å². The van der Waals surface area contributed by atoms with Crippen LogP contribution in [0.15, 0.2) is 4.99 Å². The van der Waals surface area contributed by atoms with E-state index >= 15 is 0 Å². The average molecular weight is 388 g/mol. The Morgan fingerprint density at radius 1 is 1.15 bits per heavy atom. The third kappa shape index (κ3) is 14.8. The monoisotopic (exact) mass is 387 g/mol. The van der Waals surface area contributed by atoms with Crippen LogP contribution in [0.25, 0.3) is 0 Å². The van der Waals surface area contributed by atoms with Crippen LogP contribution in [0, 0.1) is 0 Å². The van der Waals surface area contributed by atoms with Crippen LogP contribution in [-0.2, 0) is 14.3 Å². The molecule has 0 aromatic rings.